The van der Waals surface area contributed by atoms with E-state index in [1.807, 2.05) is 0 Å². The lowest BCUT2D eigenvalue weighted by Gasteiger charge is -2.23. The van der Waals surface area contributed by atoms with Crippen LogP contribution in [-0.4, -0.2) is 50.4 Å². The molecule has 1 aliphatic heterocycles. The molecule has 3 aromatic rings. The van der Waals surface area contributed by atoms with Crippen LogP contribution in [0.1, 0.15) is 12.8 Å². The number of amides is 1. The first-order valence-electron chi connectivity index (χ1n) is 9.44. The minimum atomic E-state index is -3.91. The Kier molecular flexibility index (Phi) is 6.07. The summed E-state index contributed by atoms with van der Waals surface area (Å²) in [6, 6.07) is 8.82. The summed E-state index contributed by atoms with van der Waals surface area (Å²) in [6.07, 6.45) is 1.01. The van der Waals surface area contributed by atoms with Crippen LogP contribution in [0, 0.1) is 0 Å². The fourth-order valence-corrected chi connectivity index (χ4v) is 6.36. The largest absolute Gasteiger partial charge is 0.493 e. The maximum absolute atomic E-state index is 13.3. The standard InChI is InChI=1S/C20H20ClN3O5S2/c1-28-16-8-6-13(11-17(16)29-2)31(26,27)24-9-3-4-15(24)19(25)23-20-22-14-7-5-12(21)10-18(14)30-20/h5-8,10-11,15H,3-4,9H2,1-2H3,(H,22,23,25). The van der Waals surface area contributed by atoms with Gasteiger partial charge in [-0.1, -0.05) is 22.9 Å². The fraction of sp³-hybridized carbons (Fsp3) is 0.300. The quantitative estimate of drug-likeness (QED) is 0.575. The molecule has 8 nitrogen and oxygen atoms in total. The average Bonchev–Trinajstić information content (AvgIpc) is 3.40. The lowest BCUT2D eigenvalue weighted by Crippen LogP contribution is -2.43. The van der Waals surface area contributed by atoms with Gasteiger partial charge in [-0.05, 0) is 43.2 Å². The van der Waals surface area contributed by atoms with Crippen molar-refractivity contribution >= 4 is 54.2 Å². The van der Waals surface area contributed by atoms with Crippen LogP contribution in [0.3, 0.4) is 0 Å². The maximum atomic E-state index is 13.3. The molecular formula is C20H20ClN3O5S2. The number of benzene rings is 2. The molecule has 1 N–H and O–H groups in total. The molecule has 2 aromatic carbocycles. The van der Waals surface area contributed by atoms with Gasteiger partial charge in [-0.3, -0.25) is 4.79 Å². The van der Waals surface area contributed by atoms with Crippen LogP contribution in [-0.2, 0) is 14.8 Å². The second-order valence-corrected chi connectivity index (χ2v) is 10.3. The van der Waals surface area contributed by atoms with E-state index < -0.39 is 22.0 Å². The first kappa shape index (κ1) is 21.8. The number of hydrogen-bond acceptors (Lipinski definition) is 7. The van der Waals surface area contributed by atoms with E-state index in [-0.39, 0.29) is 11.4 Å². The van der Waals surface area contributed by atoms with E-state index in [2.05, 4.69) is 10.3 Å². The van der Waals surface area contributed by atoms with Crippen molar-refractivity contribution in [1.82, 2.24) is 9.29 Å². The molecule has 11 heteroatoms. The van der Waals surface area contributed by atoms with Crippen LogP contribution in [0.2, 0.25) is 5.02 Å². The van der Waals surface area contributed by atoms with Crippen LogP contribution in [0.25, 0.3) is 10.2 Å². The summed E-state index contributed by atoms with van der Waals surface area (Å²) >= 11 is 7.29. The van der Waals surface area contributed by atoms with Crippen molar-refractivity contribution in [3.63, 3.8) is 0 Å². The van der Waals surface area contributed by atoms with E-state index in [0.29, 0.717) is 40.0 Å². The van der Waals surface area contributed by atoms with Gasteiger partial charge >= 0.3 is 0 Å². The van der Waals surface area contributed by atoms with E-state index in [0.717, 1.165) is 4.70 Å². The number of carbonyl (C=O) groups excluding carboxylic acids is 1. The van der Waals surface area contributed by atoms with Crippen molar-refractivity contribution in [2.45, 2.75) is 23.8 Å². The normalized spacial score (nSPS) is 17.1. The lowest BCUT2D eigenvalue weighted by molar-refractivity contribution is -0.119. The number of ether oxygens (including phenoxy) is 2. The van der Waals surface area contributed by atoms with E-state index in [4.69, 9.17) is 21.1 Å². The first-order valence-corrected chi connectivity index (χ1v) is 12.1. The third-order valence-electron chi connectivity index (χ3n) is 5.05. The van der Waals surface area contributed by atoms with Gasteiger partial charge in [-0.25, -0.2) is 13.4 Å². The molecule has 0 saturated carbocycles. The number of anilines is 1. The second kappa shape index (κ2) is 8.62. The zero-order valence-corrected chi connectivity index (χ0v) is 19.2. The topological polar surface area (TPSA) is 97.8 Å². The number of thiazole rings is 1. The summed E-state index contributed by atoms with van der Waals surface area (Å²) in [6.45, 7) is 0.254. The number of sulfonamides is 1. The Balaban J connectivity index is 1.58. The number of methoxy groups -OCH3 is 2. The number of nitrogens with zero attached hydrogens (tertiary/aromatic N) is 2. The first-order chi connectivity index (χ1) is 14.8. The van der Waals surface area contributed by atoms with E-state index in [1.165, 1.54) is 48.1 Å². The monoisotopic (exact) mass is 481 g/mol. The third-order valence-corrected chi connectivity index (χ3v) is 8.12. The predicted octanol–water partition coefficient (Wildman–Crippen LogP) is 3.76. The highest BCUT2D eigenvalue weighted by molar-refractivity contribution is 7.89. The van der Waals surface area contributed by atoms with Crippen molar-refractivity contribution in [3.8, 4) is 11.5 Å². The van der Waals surface area contributed by atoms with Crippen LogP contribution < -0.4 is 14.8 Å². The van der Waals surface area contributed by atoms with Crippen LogP contribution in [0.4, 0.5) is 5.13 Å². The molecule has 1 aliphatic rings. The third kappa shape index (κ3) is 4.20. The van der Waals surface area contributed by atoms with Gasteiger partial charge in [-0.15, -0.1) is 0 Å². The molecule has 0 aliphatic carbocycles. The Morgan fingerprint density at radius 1 is 1.19 bits per heavy atom. The van der Waals surface area contributed by atoms with Gasteiger partial charge in [0.15, 0.2) is 16.6 Å². The van der Waals surface area contributed by atoms with Gasteiger partial charge in [0.2, 0.25) is 15.9 Å². The number of halogens is 1. The SMILES string of the molecule is COc1ccc(S(=O)(=O)N2CCCC2C(=O)Nc2nc3ccc(Cl)cc3s2)cc1OC. The predicted molar refractivity (Wildman–Crippen MR) is 120 cm³/mol. The Bertz CT molecular complexity index is 1240. The summed E-state index contributed by atoms with van der Waals surface area (Å²) in [5.41, 5.74) is 0.714. The highest BCUT2D eigenvalue weighted by Gasteiger charge is 2.40. The number of carbonyl (C=O) groups is 1. The van der Waals surface area contributed by atoms with Gasteiger partial charge in [0.1, 0.15) is 6.04 Å². The molecule has 1 atom stereocenters. The van der Waals surface area contributed by atoms with Crippen molar-refractivity contribution < 1.29 is 22.7 Å². The Morgan fingerprint density at radius 3 is 2.71 bits per heavy atom. The molecule has 0 spiro atoms. The molecule has 1 saturated heterocycles. The van der Waals surface area contributed by atoms with Gasteiger partial charge < -0.3 is 14.8 Å². The number of nitrogens with one attached hydrogen (secondary N) is 1. The van der Waals surface area contributed by atoms with Crippen LogP contribution in [0.5, 0.6) is 11.5 Å². The van der Waals surface area contributed by atoms with Crippen molar-refractivity contribution in [2.75, 3.05) is 26.1 Å². The number of aromatic nitrogens is 1. The smallest absolute Gasteiger partial charge is 0.244 e. The van der Waals surface area contributed by atoms with Crippen molar-refractivity contribution in [3.05, 3.63) is 41.4 Å². The molecule has 1 fully saturated rings. The van der Waals surface area contributed by atoms with Crippen LogP contribution >= 0.6 is 22.9 Å². The van der Waals surface area contributed by atoms with Gasteiger partial charge in [0, 0.05) is 17.6 Å². The minimum Gasteiger partial charge on any atom is -0.493 e. The van der Waals surface area contributed by atoms with Gasteiger partial charge in [-0.2, -0.15) is 4.31 Å². The zero-order chi connectivity index (χ0) is 22.2. The Labute approximate surface area is 188 Å². The molecule has 0 bridgehead atoms. The van der Waals surface area contributed by atoms with Gasteiger partial charge in [0.25, 0.3) is 0 Å². The Morgan fingerprint density at radius 2 is 1.97 bits per heavy atom. The average molecular weight is 482 g/mol. The molecule has 31 heavy (non-hydrogen) atoms. The molecule has 164 valence electrons. The van der Waals surface area contributed by atoms with E-state index in [9.17, 15) is 13.2 Å². The number of fused-ring (bicyclic) bond motifs is 1. The lowest BCUT2D eigenvalue weighted by atomic mass is 10.2. The zero-order valence-electron chi connectivity index (χ0n) is 16.8. The summed E-state index contributed by atoms with van der Waals surface area (Å²) in [7, 11) is -0.999. The minimum absolute atomic E-state index is 0.0412. The van der Waals surface area contributed by atoms with Crippen molar-refractivity contribution in [1.29, 1.82) is 0 Å². The van der Waals surface area contributed by atoms with E-state index in [1.54, 1.807) is 18.2 Å². The molecule has 1 aromatic heterocycles. The Hall–Kier alpha value is -2.40. The molecule has 2 heterocycles. The molecule has 1 unspecified atom stereocenters. The fourth-order valence-electron chi connectivity index (χ4n) is 3.54. The molecule has 1 amide bonds. The van der Waals surface area contributed by atoms with Crippen molar-refractivity contribution in [2.24, 2.45) is 0 Å². The summed E-state index contributed by atoms with van der Waals surface area (Å²) in [5.74, 6) is 0.316. The molecular weight excluding hydrogens is 462 g/mol. The highest BCUT2D eigenvalue weighted by atomic mass is 35.5. The highest BCUT2D eigenvalue weighted by Crippen LogP contribution is 2.34. The summed E-state index contributed by atoms with van der Waals surface area (Å²) in [5, 5.41) is 3.74. The molecule has 4 rings (SSSR count). The van der Waals surface area contributed by atoms with Gasteiger partial charge in [0.05, 0.1) is 29.3 Å². The number of hydrogen-bond donors (Lipinski definition) is 1. The summed E-state index contributed by atoms with van der Waals surface area (Å²) < 4.78 is 39.0. The summed E-state index contributed by atoms with van der Waals surface area (Å²) in [4.78, 5) is 17.4. The second-order valence-electron chi connectivity index (χ2n) is 6.91. The number of rotatable bonds is 6. The van der Waals surface area contributed by atoms with E-state index >= 15 is 0 Å². The van der Waals surface area contributed by atoms with Crippen LogP contribution in [0.15, 0.2) is 41.3 Å². The maximum Gasteiger partial charge on any atom is 0.244 e. The molecule has 0 radical (unpaired) electrons.